The lowest BCUT2D eigenvalue weighted by Crippen LogP contribution is -2.09. The largest absolute Gasteiger partial charge is 0.457 e. The van der Waals surface area contributed by atoms with Crippen LogP contribution >= 0.6 is 0 Å². The summed E-state index contributed by atoms with van der Waals surface area (Å²) in [5.41, 5.74) is -2.15. The second-order valence-electron chi connectivity index (χ2n) is 5.44. The lowest BCUT2D eigenvalue weighted by molar-refractivity contribution is -0.388. The van der Waals surface area contributed by atoms with Gasteiger partial charge >= 0.3 is 11.8 Å². The summed E-state index contributed by atoms with van der Waals surface area (Å²) in [4.78, 5) is 21.1. The first-order valence-electron chi connectivity index (χ1n) is 7.23. The molecule has 2 aromatic carbocycles. The normalized spacial score (nSPS) is 11.5. The van der Waals surface area contributed by atoms with Crippen LogP contribution in [-0.2, 0) is 6.18 Å². The summed E-state index contributed by atoms with van der Waals surface area (Å²) < 4.78 is 49.4. The Kier molecular flexibility index (Phi) is 4.15. The smallest absolute Gasteiger partial charge is 0.423 e. The van der Waals surface area contributed by atoms with Crippen LogP contribution in [0, 0.1) is 17.0 Å². The number of fused-ring (bicyclic) bond motifs is 1. The fourth-order valence-corrected chi connectivity index (χ4v) is 2.47. The molecule has 3 rings (SSSR count). The lowest BCUT2D eigenvalue weighted by atomic mass is 10.1. The molecule has 0 aliphatic carbocycles. The van der Waals surface area contributed by atoms with Crippen molar-refractivity contribution in [2.24, 2.45) is 0 Å². The zero-order chi connectivity index (χ0) is 19.1. The van der Waals surface area contributed by atoms with Gasteiger partial charge in [0.1, 0.15) is 22.6 Å². The highest BCUT2D eigenvalue weighted by Gasteiger charge is 2.38. The minimum Gasteiger partial charge on any atom is -0.457 e. The van der Waals surface area contributed by atoms with E-state index in [2.05, 4.69) is 0 Å². The molecule has 0 fully saturated rings. The van der Waals surface area contributed by atoms with Crippen LogP contribution in [0.4, 0.5) is 18.9 Å². The molecule has 1 aromatic heterocycles. The number of hydrogen-bond acceptors (Lipinski definition) is 5. The van der Waals surface area contributed by atoms with Crippen LogP contribution in [0.5, 0.6) is 11.5 Å². The SMILES string of the molecule is Cc1cc(=O)oc2cc(Oc3ccc([N+](=O)[O-])c(C(F)(F)F)c3)ccc12. The van der Waals surface area contributed by atoms with E-state index in [0.29, 0.717) is 17.0 Å². The monoisotopic (exact) mass is 365 g/mol. The molecule has 0 saturated carbocycles. The van der Waals surface area contributed by atoms with Crippen LogP contribution in [0.2, 0.25) is 0 Å². The van der Waals surface area contributed by atoms with E-state index in [4.69, 9.17) is 9.15 Å². The van der Waals surface area contributed by atoms with Gasteiger partial charge in [-0.15, -0.1) is 0 Å². The van der Waals surface area contributed by atoms with Crippen LogP contribution in [0.25, 0.3) is 11.0 Å². The first kappa shape index (κ1) is 17.5. The van der Waals surface area contributed by atoms with Gasteiger partial charge in [-0.25, -0.2) is 4.79 Å². The van der Waals surface area contributed by atoms with Crippen LogP contribution in [0.3, 0.4) is 0 Å². The Morgan fingerprint density at radius 2 is 1.73 bits per heavy atom. The third-order valence-corrected chi connectivity index (χ3v) is 3.63. The van der Waals surface area contributed by atoms with Gasteiger partial charge in [0.25, 0.3) is 5.69 Å². The summed E-state index contributed by atoms with van der Waals surface area (Å²) in [6.07, 6.45) is -4.91. The van der Waals surface area contributed by atoms with Crippen LogP contribution < -0.4 is 10.4 Å². The molecule has 26 heavy (non-hydrogen) atoms. The zero-order valence-electron chi connectivity index (χ0n) is 13.2. The Morgan fingerprint density at radius 3 is 2.38 bits per heavy atom. The average molecular weight is 365 g/mol. The first-order chi connectivity index (χ1) is 12.1. The van der Waals surface area contributed by atoms with Crippen molar-refractivity contribution in [3.8, 4) is 11.5 Å². The summed E-state index contributed by atoms with van der Waals surface area (Å²) in [6.45, 7) is 1.71. The lowest BCUT2D eigenvalue weighted by Gasteiger charge is -2.11. The van der Waals surface area contributed by atoms with Crippen molar-refractivity contribution in [2.75, 3.05) is 0 Å². The molecular weight excluding hydrogens is 355 g/mol. The number of benzene rings is 2. The number of nitro groups is 1. The van der Waals surface area contributed by atoms with Gasteiger partial charge in [-0.05, 0) is 36.8 Å². The van der Waals surface area contributed by atoms with E-state index in [0.717, 1.165) is 12.1 Å². The zero-order valence-corrected chi connectivity index (χ0v) is 13.2. The van der Waals surface area contributed by atoms with E-state index in [1.165, 1.54) is 18.2 Å². The maximum Gasteiger partial charge on any atom is 0.423 e. The van der Waals surface area contributed by atoms with Gasteiger partial charge in [-0.1, -0.05) is 0 Å². The fraction of sp³-hybridized carbons (Fsp3) is 0.118. The number of nitro benzene ring substituents is 1. The van der Waals surface area contributed by atoms with E-state index in [1.807, 2.05) is 0 Å². The van der Waals surface area contributed by atoms with E-state index >= 15 is 0 Å². The number of aryl methyl sites for hydroxylation is 1. The van der Waals surface area contributed by atoms with E-state index in [9.17, 15) is 28.1 Å². The van der Waals surface area contributed by atoms with Gasteiger partial charge in [-0.2, -0.15) is 13.2 Å². The molecule has 0 radical (unpaired) electrons. The maximum atomic E-state index is 13.0. The second kappa shape index (κ2) is 6.17. The molecule has 1 heterocycles. The summed E-state index contributed by atoms with van der Waals surface area (Å²) >= 11 is 0. The number of hydrogen-bond donors (Lipinski definition) is 0. The predicted molar refractivity (Wildman–Crippen MR) is 85.4 cm³/mol. The van der Waals surface area contributed by atoms with Crippen molar-refractivity contribution in [2.45, 2.75) is 13.1 Å². The van der Waals surface area contributed by atoms with Gasteiger partial charge in [-0.3, -0.25) is 10.1 Å². The Bertz CT molecular complexity index is 1070. The molecular formula is C17H10F3NO5. The quantitative estimate of drug-likeness (QED) is 0.377. The topological polar surface area (TPSA) is 82.6 Å². The average Bonchev–Trinajstić information content (AvgIpc) is 2.53. The molecule has 0 bridgehead atoms. The first-order valence-corrected chi connectivity index (χ1v) is 7.23. The molecule has 0 spiro atoms. The van der Waals surface area contributed by atoms with Crippen molar-refractivity contribution in [3.05, 3.63) is 74.1 Å². The minimum absolute atomic E-state index is 0.119. The Balaban J connectivity index is 2.02. The van der Waals surface area contributed by atoms with Gasteiger partial charge in [0.05, 0.1) is 4.92 Å². The van der Waals surface area contributed by atoms with Crippen molar-refractivity contribution >= 4 is 16.7 Å². The summed E-state index contributed by atoms with van der Waals surface area (Å²) in [6, 6.07) is 8.10. The molecule has 9 heteroatoms. The molecule has 0 saturated heterocycles. The number of alkyl halides is 3. The van der Waals surface area contributed by atoms with Crippen molar-refractivity contribution < 1.29 is 27.2 Å². The Hall–Kier alpha value is -3.36. The number of nitrogens with zero attached hydrogens (tertiary/aromatic N) is 1. The van der Waals surface area contributed by atoms with Crippen LogP contribution in [0.15, 0.2) is 51.7 Å². The van der Waals surface area contributed by atoms with E-state index in [1.54, 1.807) is 13.0 Å². The van der Waals surface area contributed by atoms with Crippen LogP contribution in [0.1, 0.15) is 11.1 Å². The number of rotatable bonds is 3. The van der Waals surface area contributed by atoms with Crippen molar-refractivity contribution in [1.82, 2.24) is 0 Å². The molecule has 134 valence electrons. The third-order valence-electron chi connectivity index (χ3n) is 3.63. The number of halogens is 3. The van der Waals surface area contributed by atoms with E-state index < -0.39 is 28.0 Å². The molecule has 6 nitrogen and oxygen atoms in total. The van der Waals surface area contributed by atoms with Gasteiger partial charge < -0.3 is 9.15 Å². The maximum absolute atomic E-state index is 13.0. The van der Waals surface area contributed by atoms with Gasteiger partial charge in [0.15, 0.2) is 0 Å². The summed E-state index contributed by atoms with van der Waals surface area (Å²) in [7, 11) is 0. The Morgan fingerprint density at radius 1 is 1.08 bits per heavy atom. The molecule has 0 aliphatic heterocycles. The van der Waals surface area contributed by atoms with Gasteiger partial charge in [0, 0.05) is 23.6 Å². The predicted octanol–water partition coefficient (Wildman–Crippen LogP) is 4.82. The summed E-state index contributed by atoms with van der Waals surface area (Å²) in [5.74, 6) is -0.120. The number of ether oxygens (including phenoxy) is 1. The molecule has 0 aliphatic rings. The molecule has 0 amide bonds. The second-order valence-corrected chi connectivity index (χ2v) is 5.44. The standard InChI is InChI=1S/C17H10F3NO5/c1-9-6-16(22)26-15-8-11(2-4-12(9)15)25-10-3-5-14(21(23)24)13(7-10)17(18,19)20/h2-8H,1H3. The van der Waals surface area contributed by atoms with Gasteiger partial charge in [0.2, 0.25) is 0 Å². The molecule has 0 unspecified atom stereocenters. The highest BCUT2D eigenvalue weighted by Crippen LogP contribution is 2.39. The molecule has 3 aromatic rings. The molecule has 0 N–H and O–H groups in total. The Labute approximate surface area is 143 Å². The third kappa shape index (κ3) is 3.37. The van der Waals surface area contributed by atoms with Crippen LogP contribution in [-0.4, -0.2) is 4.92 Å². The highest BCUT2D eigenvalue weighted by atomic mass is 19.4. The minimum atomic E-state index is -4.91. The summed E-state index contributed by atoms with van der Waals surface area (Å²) in [5, 5.41) is 11.4. The fourth-order valence-electron chi connectivity index (χ4n) is 2.47. The van der Waals surface area contributed by atoms with Crippen molar-refractivity contribution in [1.29, 1.82) is 0 Å². The van der Waals surface area contributed by atoms with Crippen molar-refractivity contribution in [3.63, 3.8) is 0 Å². The highest BCUT2D eigenvalue weighted by molar-refractivity contribution is 5.81. The molecule has 0 atom stereocenters. The van der Waals surface area contributed by atoms with E-state index in [-0.39, 0.29) is 17.1 Å².